The SMILES string of the molecule is C=C(C)[C@@H]1CC[C@]2(C(=O)OC)CC[C@@]3(C)[C@H](CC[C@H]4[C@@]5(C)CC(=Cc6ccc(OCC)cc6)C(=O)C(C)(C)[C@H]5CC[C@]43C)[C@H]12. The smallest absolute Gasteiger partial charge is 0.312 e. The molecule has 4 heteroatoms. The van der Waals surface area contributed by atoms with Crippen LogP contribution >= 0.6 is 0 Å². The van der Waals surface area contributed by atoms with Crippen LogP contribution in [0.15, 0.2) is 42.0 Å². The summed E-state index contributed by atoms with van der Waals surface area (Å²) < 4.78 is 11.2. The number of ketones is 1. The van der Waals surface area contributed by atoms with Gasteiger partial charge in [-0.25, -0.2) is 0 Å². The summed E-state index contributed by atoms with van der Waals surface area (Å²) in [5.74, 6) is 3.30. The molecule has 0 aliphatic heterocycles. The van der Waals surface area contributed by atoms with Gasteiger partial charge >= 0.3 is 5.97 Å². The Balaban J connectivity index is 1.38. The second-order valence-electron chi connectivity index (χ2n) is 16.7. The molecule has 4 nitrogen and oxygen atoms in total. The zero-order valence-corrected chi connectivity index (χ0v) is 28.7. The van der Waals surface area contributed by atoms with E-state index in [0.717, 1.165) is 68.3 Å². The van der Waals surface area contributed by atoms with E-state index in [9.17, 15) is 9.59 Å². The molecule has 5 saturated carbocycles. The lowest BCUT2D eigenvalue weighted by atomic mass is 9.32. The molecule has 0 heterocycles. The van der Waals surface area contributed by atoms with Gasteiger partial charge in [-0.05, 0) is 147 Å². The van der Waals surface area contributed by atoms with Crippen LogP contribution in [-0.2, 0) is 14.3 Å². The summed E-state index contributed by atoms with van der Waals surface area (Å²) in [6.07, 6.45) is 11.6. The third-order valence-corrected chi connectivity index (χ3v) is 14.8. The van der Waals surface area contributed by atoms with Crippen molar-refractivity contribution in [3.05, 3.63) is 47.6 Å². The zero-order valence-electron chi connectivity index (χ0n) is 28.7. The van der Waals surface area contributed by atoms with E-state index in [4.69, 9.17) is 9.47 Å². The summed E-state index contributed by atoms with van der Waals surface area (Å²) >= 11 is 0. The van der Waals surface area contributed by atoms with Crippen LogP contribution in [0.5, 0.6) is 5.75 Å². The molecule has 9 atom stereocenters. The number of hydrogen-bond acceptors (Lipinski definition) is 4. The quantitative estimate of drug-likeness (QED) is 0.192. The second kappa shape index (κ2) is 10.6. The van der Waals surface area contributed by atoms with Gasteiger partial charge < -0.3 is 9.47 Å². The maximum atomic E-state index is 14.2. The van der Waals surface area contributed by atoms with Gasteiger partial charge in [0.25, 0.3) is 0 Å². The van der Waals surface area contributed by atoms with Crippen LogP contribution in [0.4, 0.5) is 0 Å². The van der Waals surface area contributed by atoms with Gasteiger partial charge in [0.15, 0.2) is 5.78 Å². The van der Waals surface area contributed by atoms with Crippen LogP contribution in [0.1, 0.15) is 112 Å². The third kappa shape index (κ3) is 4.20. The van der Waals surface area contributed by atoms with Crippen molar-refractivity contribution in [2.45, 2.75) is 106 Å². The second-order valence-corrected chi connectivity index (χ2v) is 16.7. The molecule has 5 aliphatic carbocycles. The Morgan fingerprint density at radius 3 is 2.27 bits per heavy atom. The van der Waals surface area contributed by atoms with Gasteiger partial charge in [0.1, 0.15) is 5.75 Å². The molecule has 0 aromatic heterocycles. The average molecular weight is 601 g/mol. The number of carbonyl (C=O) groups is 2. The number of rotatable bonds is 5. The lowest BCUT2D eigenvalue weighted by Crippen LogP contribution is -2.67. The molecule has 0 N–H and O–H groups in total. The first-order chi connectivity index (χ1) is 20.7. The standard InChI is InChI=1S/C40H56O4/c1-10-44-28-13-11-26(12-14-28)23-27-24-37(6)31(36(4,5)34(27)41)18-19-39(8)32(37)16-15-30-33-29(25(2)3)17-20-40(33,35(42)43-9)22-21-38(30,39)7/h11-14,23,29-33H,2,10,15-22,24H2,1,3-9H3/t29-,30+,31+,32-,33-,37-,38-,39+,40-/m0/s1. The number of methoxy groups -OCH3 is 1. The summed E-state index contributed by atoms with van der Waals surface area (Å²) in [5, 5.41) is 0. The van der Waals surface area contributed by atoms with Gasteiger partial charge in [0.05, 0.1) is 19.1 Å². The van der Waals surface area contributed by atoms with Crippen molar-refractivity contribution in [3.8, 4) is 5.75 Å². The lowest BCUT2D eigenvalue weighted by Gasteiger charge is -2.72. The van der Waals surface area contributed by atoms with Gasteiger partial charge in [-0.1, -0.05) is 58.9 Å². The van der Waals surface area contributed by atoms with Gasteiger partial charge in [-0.2, -0.15) is 0 Å². The minimum Gasteiger partial charge on any atom is -0.494 e. The average Bonchev–Trinajstić information content (AvgIpc) is 3.38. The van der Waals surface area contributed by atoms with Crippen molar-refractivity contribution in [2.24, 2.45) is 56.7 Å². The Morgan fingerprint density at radius 1 is 0.932 bits per heavy atom. The van der Waals surface area contributed by atoms with Crippen molar-refractivity contribution in [3.63, 3.8) is 0 Å². The van der Waals surface area contributed by atoms with Crippen LogP contribution in [0.25, 0.3) is 6.08 Å². The molecule has 5 aliphatic rings. The molecular formula is C40H56O4. The maximum absolute atomic E-state index is 14.2. The Bertz CT molecular complexity index is 1370. The fraction of sp³-hybridized carbons (Fsp3) is 0.700. The van der Waals surface area contributed by atoms with E-state index in [1.807, 2.05) is 19.1 Å². The molecule has 0 saturated heterocycles. The Morgan fingerprint density at radius 2 is 1.64 bits per heavy atom. The highest BCUT2D eigenvalue weighted by Crippen LogP contribution is 2.77. The van der Waals surface area contributed by atoms with E-state index in [-0.39, 0.29) is 27.6 Å². The molecule has 0 radical (unpaired) electrons. The predicted molar refractivity (Wildman–Crippen MR) is 177 cm³/mol. The number of allylic oxidation sites excluding steroid dienone is 2. The van der Waals surface area contributed by atoms with Gasteiger partial charge in [-0.3, -0.25) is 9.59 Å². The topological polar surface area (TPSA) is 52.6 Å². The minimum atomic E-state index is -0.397. The summed E-state index contributed by atoms with van der Waals surface area (Å²) in [6.45, 7) is 21.5. The number of hydrogen-bond donors (Lipinski definition) is 0. The fourth-order valence-corrected chi connectivity index (χ4v) is 12.7. The van der Waals surface area contributed by atoms with Crippen LogP contribution in [0.2, 0.25) is 0 Å². The number of esters is 1. The van der Waals surface area contributed by atoms with Gasteiger partial charge in [0.2, 0.25) is 0 Å². The first kappa shape index (κ1) is 31.6. The summed E-state index contributed by atoms with van der Waals surface area (Å²) in [6, 6.07) is 8.19. The molecule has 0 bridgehead atoms. The van der Waals surface area contributed by atoms with Gasteiger partial charge in [0, 0.05) is 5.41 Å². The Kier molecular flexibility index (Phi) is 7.61. The molecule has 1 aromatic carbocycles. The van der Waals surface area contributed by atoms with E-state index in [1.54, 1.807) is 7.11 Å². The van der Waals surface area contributed by atoms with Gasteiger partial charge in [-0.15, -0.1) is 0 Å². The molecule has 6 rings (SSSR count). The minimum absolute atomic E-state index is 0.0212. The lowest BCUT2D eigenvalue weighted by molar-refractivity contribution is -0.232. The third-order valence-electron chi connectivity index (χ3n) is 14.8. The number of carbonyl (C=O) groups excluding carboxylic acids is 2. The number of benzene rings is 1. The fourth-order valence-electron chi connectivity index (χ4n) is 12.7. The largest absolute Gasteiger partial charge is 0.494 e. The molecular weight excluding hydrogens is 544 g/mol. The highest BCUT2D eigenvalue weighted by atomic mass is 16.5. The Hall–Kier alpha value is -2.36. The number of Topliss-reactive ketones (excluding diaryl/α,β-unsaturated/α-hetero) is 1. The molecule has 0 amide bonds. The number of fused-ring (bicyclic) bond motifs is 7. The van der Waals surface area contributed by atoms with E-state index in [1.165, 1.54) is 12.0 Å². The highest BCUT2D eigenvalue weighted by Gasteiger charge is 2.72. The number of ether oxygens (including phenoxy) is 2. The molecule has 0 spiro atoms. The monoisotopic (exact) mass is 600 g/mol. The first-order valence-corrected chi connectivity index (χ1v) is 17.4. The van der Waals surface area contributed by atoms with Crippen molar-refractivity contribution >= 4 is 17.8 Å². The van der Waals surface area contributed by atoms with E-state index in [0.29, 0.717) is 42.0 Å². The summed E-state index contributed by atoms with van der Waals surface area (Å²) in [7, 11) is 1.58. The van der Waals surface area contributed by atoms with Crippen LogP contribution in [0.3, 0.4) is 0 Å². The molecule has 240 valence electrons. The van der Waals surface area contributed by atoms with Crippen LogP contribution in [0, 0.1) is 56.7 Å². The first-order valence-electron chi connectivity index (χ1n) is 17.4. The summed E-state index contributed by atoms with van der Waals surface area (Å²) in [4.78, 5) is 27.7. The van der Waals surface area contributed by atoms with Crippen molar-refractivity contribution in [1.82, 2.24) is 0 Å². The van der Waals surface area contributed by atoms with Crippen LogP contribution in [-0.4, -0.2) is 25.5 Å². The van der Waals surface area contributed by atoms with E-state index < -0.39 is 5.41 Å². The van der Waals surface area contributed by atoms with Crippen molar-refractivity contribution < 1.29 is 19.1 Å². The highest BCUT2D eigenvalue weighted by molar-refractivity contribution is 6.04. The predicted octanol–water partition coefficient (Wildman–Crippen LogP) is 9.48. The van der Waals surface area contributed by atoms with Crippen LogP contribution < -0.4 is 4.74 Å². The van der Waals surface area contributed by atoms with E-state index in [2.05, 4.69) is 66.3 Å². The Labute approximate surface area is 266 Å². The van der Waals surface area contributed by atoms with E-state index >= 15 is 0 Å². The molecule has 5 fully saturated rings. The molecule has 44 heavy (non-hydrogen) atoms. The molecule has 0 unspecified atom stereocenters. The summed E-state index contributed by atoms with van der Waals surface area (Å²) in [5.41, 5.74) is 2.86. The maximum Gasteiger partial charge on any atom is 0.312 e. The van der Waals surface area contributed by atoms with Crippen molar-refractivity contribution in [1.29, 1.82) is 0 Å². The molecule has 1 aromatic rings. The zero-order chi connectivity index (χ0) is 31.9. The normalized spacial score (nSPS) is 43.3. The van der Waals surface area contributed by atoms with Crippen molar-refractivity contribution in [2.75, 3.05) is 13.7 Å².